The first-order chi connectivity index (χ1) is 16.5. The van der Waals surface area contributed by atoms with Gasteiger partial charge in [-0.15, -0.1) is 0 Å². The monoisotopic (exact) mass is 465 g/mol. The minimum absolute atomic E-state index is 0.0453. The van der Waals surface area contributed by atoms with Crippen molar-refractivity contribution in [3.05, 3.63) is 107 Å². The van der Waals surface area contributed by atoms with E-state index >= 15 is 0 Å². The van der Waals surface area contributed by atoms with Gasteiger partial charge in [0.15, 0.2) is 0 Å². The highest BCUT2D eigenvalue weighted by Gasteiger charge is 2.24. The predicted octanol–water partition coefficient (Wildman–Crippen LogP) is 4.11. The van der Waals surface area contributed by atoms with Gasteiger partial charge in [0.2, 0.25) is 0 Å². The first kappa shape index (κ1) is 23.4. The van der Waals surface area contributed by atoms with Gasteiger partial charge in [0.05, 0.1) is 23.5 Å². The fourth-order valence-corrected chi connectivity index (χ4v) is 3.84. The van der Waals surface area contributed by atoms with Crippen LogP contribution in [0.15, 0.2) is 71.9 Å². The van der Waals surface area contributed by atoms with Crippen LogP contribution >= 0.6 is 0 Å². The van der Waals surface area contributed by atoms with E-state index in [-0.39, 0.29) is 48.6 Å². The number of hydrogen-bond acceptors (Lipinski definition) is 4. The van der Waals surface area contributed by atoms with Crippen LogP contribution in [0.3, 0.4) is 0 Å². The fourth-order valence-electron chi connectivity index (χ4n) is 3.84. The summed E-state index contributed by atoms with van der Waals surface area (Å²) in [6, 6.07) is 12.2. The third-order valence-corrected chi connectivity index (χ3v) is 5.55. The molecular formula is C26H22F3N3O2. The molecule has 3 aromatic rings. The number of aliphatic hydroxyl groups excluding tert-OH is 1. The summed E-state index contributed by atoms with van der Waals surface area (Å²) in [5, 5.41) is 12.2. The van der Waals surface area contributed by atoms with Crippen molar-refractivity contribution in [3.8, 4) is 0 Å². The van der Waals surface area contributed by atoms with Gasteiger partial charge in [0.1, 0.15) is 17.5 Å². The Morgan fingerprint density at radius 2 is 1.79 bits per heavy atom. The molecule has 0 saturated heterocycles. The average Bonchev–Trinajstić information content (AvgIpc) is 3.30. The molecule has 0 bridgehead atoms. The second-order valence-corrected chi connectivity index (χ2v) is 7.86. The quantitative estimate of drug-likeness (QED) is 0.526. The first-order valence-electron chi connectivity index (χ1n) is 10.8. The van der Waals surface area contributed by atoms with Crippen molar-refractivity contribution in [1.29, 1.82) is 0 Å². The Hall–Kier alpha value is -3.78. The molecule has 174 valence electrons. The number of aliphatic hydroxyl groups is 1. The Labute approximate surface area is 194 Å². The second-order valence-electron chi connectivity index (χ2n) is 7.86. The number of halogens is 3. The largest absolute Gasteiger partial charge is 0.396 e. The molecule has 1 aliphatic heterocycles. The number of aliphatic imine (C=N–C) groups is 1. The van der Waals surface area contributed by atoms with Crippen LogP contribution in [-0.4, -0.2) is 40.9 Å². The molecule has 2 N–H and O–H groups in total. The molecule has 0 fully saturated rings. The van der Waals surface area contributed by atoms with Gasteiger partial charge in [0, 0.05) is 30.8 Å². The summed E-state index contributed by atoms with van der Waals surface area (Å²) >= 11 is 0. The van der Waals surface area contributed by atoms with E-state index in [0.717, 1.165) is 11.1 Å². The molecule has 1 amide bonds. The molecule has 2 aromatic carbocycles. The van der Waals surface area contributed by atoms with E-state index in [1.165, 1.54) is 48.7 Å². The summed E-state index contributed by atoms with van der Waals surface area (Å²) in [5.74, 6) is -2.06. The molecule has 34 heavy (non-hydrogen) atoms. The Bertz CT molecular complexity index is 1260. The summed E-state index contributed by atoms with van der Waals surface area (Å²) in [4.78, 5) is 21.5. The molecule has 1 aromatic heterocycles. The standard InChI is InChI=1S/C26H22F3N3O2/c27-18-8-6-16(7-9-18)17-13-24(31-15-17)25-20(3-1-4-22(25)29)26(34)32-19(10-12-33)14-23-21(28)5-2-11-30-23/h1-9,11,13,19,33H,10,12,14-15H2,(H,32,34)/t19-/m0/s1. The highest BCUT2D eigenvalue weighted by Crippen LogP contribution is 2.25. The van der Waals surface area contributed by atoms with Crippen molar-refractivity contribution < 1.29 is 23.1 Å². The van der Waals surface area contributed by atoms with Gasteiger partial charge < -0.3 is 10.4 Å². The number of rotatable bonds is 8. The van der Waals surface area contributed by atoms with E-state index in [0.29, 0.717) is 5.71 Å². The van der Waals surface area contributed by atoms with E-state index in [4.69, 9.17) is 0 Å². The smallest absolute Gasteiger partial charge is 0.252 e. The van der Waals surface area contributed by atoms with Gasteiger partial charge in [-0.2, -0.15) is 0 Å². The summed E-state index contributed by atoms with van der Waals surface area (Å²) in [6.07, 6.45) is 3.36. The maximum absolute atomic E-state index is 14.9. The van der Waals surface area contributed by atoms with Crippen LogP contribution < -0.4 is 5.32 Å². The summed E-state index contributed by atoms with van der Waals surface area (Å²) in [5.41, 5.74) is 2.10. The maximum atomic E-state index is 14.9. The van der Waals surface area contributed by atoms with Crippen molar-refractivity contribution in [2.75, 3.05) is 13.2 Å². The Morgan fingerprint density at radius 1 is 1.03 bits per heavy atom. The van der Waals surface area contributed by atoms with Crippen LogP contribution in [0.4, 0.5) is 13.2 Å². The third-order valence-electron chi connectivity index (χ3n) is 5.55. The number of pyridine rings is 1. The number of nitrogens with one attached hydrogen (secondary N) is 1. The lowest BCUT2D eigenvalue weighted by atomic mass is 9.98. The summed E-state index contributed by atoms with van der Waals surface area (Å²) in [7, 11) is 0. The summed E-state index contributed by atoms with van der Waals surface area (Å²) in [6.45, 7) is 0.0360. The minimum atomic E-state index is -0.617. The molecule has 0 aliphatic carbocycles. The topological polar surface area (TPSA) is 74.6 Å². The Kier molecular flexibility index (Phi) is 7.18. The van der Waals surface area contributed by atoms with Crippen LogP contribution in [0.25, 0.3) is 5.57 Å². The van der Waals surface area contributed by atoms with Crippen molar-refractivity contribution in [1.82, 2.24) is 10.3 Å². The van der Waals surface area contributed by atoms with Crippen LogP contribution in [-0.2, 0) is 6.42 Å². The molecule has 1 aliphatic rings. The third kappa shape index (κ3) is 5.23. The molecule has 2 heterocycles. The fraction of sp³-hybridized carbons (Fsp3) is 0.192. The zero-order valence-corrected chi connectivity index (χ0v) is 18.1. The number of hydrogen-bond donors (Lipinski definition) is 2. The molecule has 0 unspecified atom stereocenters. The van der Waals surface area contributed by atoms with Crippen molar-refractivity contribution in [2.45, 2.75) is 18.9 Å². The lowest BCUT2D eigenvalue weighted by molar-refractivity contribution is 0.0929. The molecule has 5 nitrogen and oxygen atoms in total. The maximum Gasteiger partial charge on any atom is 0.252 e. The molecule has 8 heteroatoms. The van der Waals surface area contributed by atoms with Gasteiger partial charge in [-0.3, -0.25) is 14.8 Å². The van der Waals surface area contributed by atoms with Crippen molar-refractivity contribution in [2.24, 2.45) is 4.99 Å². The van der Waals surface area contributed by atoms with E-state index < -0.39 is 23.6 Å². The molecule has 4 rings (SSSR count). The van der Waals surface area contributed by atoms with Crippen molar-refractivity contribution in [3.63, 3.8) is 0 Å². The average molecular weight is 465 g/mol. The zero-order valence-electron chi connectivity index (χ0n) is 18.1. The molecule has 0 spiro atoms. The highest BCUT2D eigenvalue weighted by atomic mass is 19.1. The number of carbonyl (C=O) groups is 1. The van der Waals surface area contributed by atoms with Crippen LogP contribution in [0.1, 0.15) is 33.6 Å². The lowest BCUT2D eigenvalue weighted by Gasteiger charge is -2.19. The first-order valence-corrected chi connectivity index (χ1v) is 10.8. The lowest BCUT2D eigenvalue weighted by Crippen LogP contribution is -2.38. The van der Waals surface area contributed by atoms with E-state index in [2.05, 4.69) is 15.3 Å². The number of benzene rings is 2. The van der Waals surface area contributed by atoms with Crippen LogP contribution in [0, 0.1) is 17.5 Å². The molecule has 1 atom stereocenters. The van der Waals surface area contributed by atoms with Gasteiger partial charge in [-0.25, -0.2) is 13.2 Å². The van der Waals surface area contributed by atoms with E-state index in [1.807, 2.05) is 0 Å². The Morgan fingerprint density at radius 3 is 2.53 bits per heavy atom. The number of amides is 1. The van der Waals surface area contributed by atoms with Gasteiger partial charge in [-0.1, -0.05) is 18.2 Å². The number of carbonyl (C=O) groups excluding carboxylic acids is 1. The summed E-state index contributed by atoms with van der Waals surface area (Å²) < 4.78 is 42.2. The van der Waals surface area contributed by atoms with Gasteiger partial charge >= 0.3 is 0 Å². The van der Waals surface area contributed by atoms with Crippen LogP contribution in [0.5, 0.6) is 0 Å². The van der Waals surface area contributed by atoms with E-state index in [1.54, 1.807) is 18.2 Å². The van der Waals surface area contributed by atoms with Gasteiger partial charge in [-0.05, 0) is 60.0 Å². The van der Waals surface area contributed by atoms with Gasteiger partial charge in [0.25, 0.3) is 5.91 Å². The highest BCUT2D eigenvalue weighted by molar-refractivity contribution is 6.19. The minimum Gasteiger partial charge on any atom is -0.396 e. The van der Waals surface area contributed by atoms with Crippen molar-refractivity contribution >= 4 is 17.2 Å². The molecule has 0 saturated carbocycles. The normalized spacial score (nSPS) is 13.9. The SMILES string of the molecule is O=C(N[C@@H](CCO)Cc1ncccc1F)c1cccc(F)c1C1=NCC(c2ccc(F)cc2)=C1. The molecule has 0 radical (unpaired) electrons. The number of allylic oxidation sites excluding steroid dienone is 1. The van der Waals surface area contributed by atoms with E-state index in [9.17, 15) is 23.1 Å². The predicted molar refractivity (Wildman–Crippen MR) is 123 cm³/mol. The number of aromatic nitrogens is 1. The number of nitrogens with zero attached hydrogens (tertiary/aromatic N) is 2. The zero-order chi connectivity index (χ0) is 24.1. The van der Waals surface area contributed by atoms with Crippen LogP contribution in [0.2, 0.25) is 0 Å². The second kappa shape index (κ2) is 10.4. The Balaban J connectivity index is 1.59. The molecular weight excluding hydrogens is 443 g/mol.